The first-order valence-electron chi connectivity index (χ1n) is 2.20. The molecular weight excluding hydrogens is 243 g/mol. The topological polar surface area (TPSA) is 0 Å². The lowest BCUT2D eigenvalue weighted by Crippen LogP contribution is -1.97. The molecule has 0 heterocycles. The van der Waals surface area contributed by atoms with Gasteiger partial charge in [-0.25, -0.2) is 0 Å². The van der Waals surface area contributed by atoms with Crippen molar-refractivity contribution in [1.29, 1.82) is 0 Å². The highest BCUT2D eigenvalue weighted by Gasteiger charge is 1.71. The van der Waals surface area contributed by atoms with Crippen molar-refractivity contribution in [1.82, 2.24) is 0 Å². The number of halogens is 2. The molecule has 3 heteroatoms. The van der Waals surface area contributed by atoms with Crippen LogP contribution in [0.25, 0.3) is 0 Å². The van der Waals surface area contributed by atoms with E-state index in [-0.39, 0.29) is 34.0 Å². The zero-order chi connectivity index (χ0) is 5.11. The Balaban J connectivity index is 0. The van der Waals surface area contributed by atoms with E-state index in [9.17, 15) is 0 Å². The molecule has 0 bridgehead atoms. The first-order chi connectivity index (χ1) is 3.39. The summed E-state index contributed by atoms with van der Waals surface area (Å²) in [6.45, 7) is 0. The highest BCUT2D eigenvalue weighted by Crippen LogP contribution is 1.76. The summed E-state index contributed by atoms with van der Waals surface area (Å²) in [4.78, 5) is 0. The maximum Gasteiger partial charge on any atom is 0.113 e. The third-order valence-electron chi connectivity index (χ3n) is 0.800. The van der Waals surface area contributed by atoms with E-state index in [4.69, 9.17) is 7.85 Å². The van der Waals surface area contributed by atoms with Gasteiger partial charge >= 0.3 is 0 Å². The predicted molar refractivity (Wildman–Crippen MR) is 52.5 cm³/mol. The molecule has 1 aromatic carbocycles. The van der Waals surface area contributed by atoms with Gasteiger partial charge in [-0.1, -0.05) is 35.8 Å². The number of hydrogen-bond acceptors (Lipinski definition) is 0. The summed E-state index contributed by atoms with van der Waals surface area (Å²) in [5, 5.41) is 0. The molecule has 1 rings (SSSR count). The summed E-state index contributed by atoms with van der Waals surface area (Å²) >= 11 is 0. The molecule has 0 aliphatic carbocycles. The number of rotatable bonds is 0. The molecule has 2 radical (unpaired) electrons. The molecule has 0 fully saturated rings. The molecule has 1 aromatic rings. The van der Waals surface area contributed by atoms with Crippen LogP contribution in [-0.2, 0) is 0 Å². The lowest BCUT2D eigenvalue weighted by Gasteiger charge is -1.83. The summed E-state index contributed by atoms with van der Waals surface area (Å²) in [5.74, 6) is 0. The van der Waals surface area contributed by atoms with E-state index < -0.39 is 0 Å². The van der Waals surface area contributed by atoms with Crippen molar-refractivity contribution in [2.75, 3.05) is 0 Å². The van der Waals surface area contributed by atoms with Crippen molar-refractivity contribution >= 4 is 47.3 Å². The van der Waals surface area contributed by atoms with Crippen LogP contribution in [0.15, 0.2) is 30.3 Å². The predicted octanol–water partition coefficient (Wildman–Crippen LogP) is 1.64. The second kappa shape index (κ2) is 6.37. The van der Waals surface area contributed by atoms with Crippen LogP contribution >= 0.6 is 34.0 Å². The molecule has 0 spiro atoms. The molecule has 0 unspecified atom stereocenters. The third-order valence-corrected chi connectivity index (χ3v) is 0.800. The SMILES string of the molecule is Br.Br.[B]c1ccccc1. The van der Waals surface area contributed by atoms with Gasteiger partial charge in [0.2, 0.25) is 0 Å². The Labute approximate surface area is 77.6 Å². The number of benzene rings is 1. The van der Waals surface area contributed by atoms with Crippen LogP contribution < -0.4 is 5.46 Å². The molecule has 0 saturated heterocycles. The first kappa shape index (κ1) is 12.0. The summed E-state index contributed by atoms with van der Waals surface area (Å²) < 4.78 is 0. The van der Waals surface area contributed by atoms with Gasteiger partial charge in [0.25, 0.3) is 0 Å². The van der Waals surface area contributed by atoms with Crippen molar-refractivity contribution in [2.24, 2.45) is 0 Å². The molecule has 0 aliphatic heterocycles. The fourth-order valence-electron chi connectivity index (χ4n) is 0.453. The summed E-state index contributed by atoms with van der Waals surface area (Å²) in [6, 6.07) is 9.49. The van der Waals surface area contributed by atoms with Gasteiger partial charge in [0.15, 0.2) is 0 Å². The van der Waals surface area contributed by atoms with Crippen LogP contribution in [0.3, 0.4) is 0 Å². The lowest BCUT2D eigenvalue weighted by atomic mass is 9.97. The minimum absolute atomic E-state index is 0. The smallest absolute Gasteiger partial charge is 0.113 e. The Kier molecular flexibility index (Phi) is 8.47. The fourth-order valence-corrected chi connectivity index (χ4v) is 0.453. The van der Waals surface area contributed by atoms with Crippen LogP contribution in [0, 0.1) is 0 Å². The second-order valence-electron chi connectivity index (χ2n) is 1.41. The minimum atomic E-state index is 0. The van der Waals surface area contributed by atoms with Gasteiger partial charge in [-0.3, -0.25) is 0 Å². The van der Waals surface area contributed by atoms with Gasteiger partial charge in [0, 0.05) is 0 Å². The van der Waals surface area contributed by atoms with E-state index in [1.807, 2.05) is 30.3 Å². The molecule has 0 nitrogen and oxygen atoms in total. The molecule has 9 heavy (non-hydrogen) atoms. The van der Waals surface area contributed by atoms with Crippen molar-refractivity contribution < 1.29 is 0 Å². The molecule has 0 amide bonds. The van der Waals surface area contributed by atoms with Crippen LogP contribution in [0.1, 0.15) is 0 Å². The minimum Gasteiger partial charge on any atom is -0.114 e. The fraction of sp³-hybridized carbons (Fsp3) is 0. The summed E-state index contributed by atoms with van der Waals surface area (Å²) in [5.41, 5.74) is 0.822. The average molecular weight is 250 g/mol. The van der Waals surface area contributed by atoms with E-state index in [0.29, 0.717) is 0 Å². The average Bonchev–Trinajstić information content (AvgIpc) is 1.69. The Bertz CT molecular complexity index is 141. The highest BCUT2D eigenvalue weighted by molar-refractivity contribution is 8.93. The Morgan fingerprint density at radius 1 is 0.889 bits per heavy atom. The second-order valence-corrected chi connectivity index (χ2v) is 1.41. The largest absolute Gasteiger partial charge is 0.114 e. The molecular formula is C6H7BBr2. The van der Waals surface area contributed by atoms with Gasteiger partial charge in [-0.2, -0.15) is 0 Å². The van der Waals surface area contributed by atoms with Gasteiger partial charge < -0.3 is 0 Å². The first-order valence-corrected chi connectivity index (χ1v) is 2.20. The van der Waals surface area contributed by atoms with Crippen molar-refractivity contribution in [3.05, 3.63) is 30.3 Å². The normalized spacial score (nSPS) is 6.67. The Morgan fingerprint density at radius 2 is 1.33 bits per heavy atom. The summed E-state index contributed by atoms with van der Waals surface area (Å²) in [6.07, 6.45) is 0. The van der Waals surface area contributed by atoms with E-state index in [1.165, 1.54) is 0 Å². The van der Waals surface area contributed by atoms with Crippen LogP contribution in [0.4, 0.5) is 0 Å². The van der Waals surface area contributed by atoms with Crippen molar-refractivity contribution in [3.63, 3.8) is 0 Å². The molecule has 0 aromatic heterocycles. The third kappa shape index (κ3) is 4.73. The van der Waals surface area contributed by atoms with Crippen LogP contribution in [0.2, 0.25) is 0 Å². The molecule has 0 aliphatic rings. The van der Waals surface area contributed by atoms with Gasteiger partial charge in [0.05, 0.1) is 0 Å². The standard InChI is InChI=1S/C6H5B.2BrH/c7-6-4-2-1-3-5-6;;/h1-5H;2*1H. The van der Waals surface area contributed by atoms with Gasteiger partial charge in [-0.05, 0) is 0 Å². The molecule has 48 valence electrons. The van der Waals surface area contributed by atoms with E-state index in [2.05, 4.69) is 0 Å². The zero-order valence-corrected chi connectivity index (χ0v) is 8.21. The monoisotopic (exact) mass is 248 g/mol. The molecule has 0 saturated carbocycles. The van der Waals surface area contributed by atoms with Crippen molar-refractivity contribution in [3.8, 4) is 0 Å². The highest BCUT2D eigenvalue weighted by atomic mass is 79.9. The van der Waals surface area contributed by atoms with E-state index in [0.717, 1.165) is 5.46 Å². The van der Waals surface area contributed by atoms with E-state index in [1.54, 1.807) is 0 Å². The molecule has 0 N–H and O–H groups in total. The zero-order valence-electron chi connectivity index (χ0n) is 4.78. The molecule has 0 atom stereocenters. The Morgan fingerprint density at radius 3 is 1.56 bits per heavy atom. The maximum atomic E-state index is 5.36. The van der Waals surface area contributed by atoms with Gasteiger partial charge in [-0.15, -0.1) is 34.0 Å². The van der Waals surface area contributed by atoms with Crippen LogP contribution in [-0.4, -0.2) is 7.85 Å². The maximum absolute atomic E-state index is 5.36. The Hall–Kier alpha value is 0.245. The lowest BCUT2D eigenvalue weighted by molar-refractivity contribution is 1.78. The quantitative estimate of drug-likeness (QED) is 0.614. The number of hydrogen-bond donors (Lipinski definition) is 0. The van der Waals surface area contributed by atoms with Gasteiger partial charge in [0.1, 0.15) is 7.85 Å². The van der Waals surface area contributed by atoms with E-state index >= 15 is 0 Å². The van der Waals surface area contributed by atoms with Crippen molar-refractivity contribution in [2.45, 2.75) is 0 Å². The summed E-state index contributed by atoms with van der Waals surface area (Å²) in [7, 11) is 5.36. The van der Waals surface area contributed by atoms with Crippen LogP contribution in [0.5, 0.6) is 0 Å².